The van der Waals surface area contributed by atoms with Crippen LogP contribution in [-0.2, 0) is 11.3 Å². The summed E-state index contributed by atoms with van der Waals surface area (Å²) in [5, 5.41) is 6.98. The number of hydrogen-bond acceptors (Lipinski definition) is 5. The highest BCUT2D eigenvalue weighted by Gasteiger charge is 2.28. The van der Waals surface area contributed by atoms with Crippen LogP contribution in [0.4, 0.5) is 5.82 Å². The van der Waals surface area contributed by atoms with Gasteiger partial charge in [-0.25, -0.2) is 4.98 Å². The Bertz CT molecular complexity index is 642. The molecule has 2 aliphatic rings. The molecule has 0 radical (unpaired) electrons. The summed E-state index contributed by atoms with van der Waals surface area (Å²) < 4.78 is 5.47. The fourth-order valence-corrected chi connectivity index (χ4v) is 3.94. The number of morpholine rings is 1. The van der Waals surface area contributed by atoms with E-state index in [1.165, 1.54) is 37.9 Å². The fraction of sp³-hybridized carbons (Fsp3) is 0.714. The van der Waals surface area contributed by atoms with Gasteiger partial charge in [0.1, 0.15) is 5.82 Å². The Morgan fingerprint density at radius 2 is 1.86 bits per heavy atom. The van der Waals surface area contributed by atoms with Crippen molar-refractivity contribution in [3.05, 3.63) is 23.9 Å². The molecular formula is C21H37IN6O. The number of rotatable bonds is 6. The molecular weight excluding hydrogens is 479 g/mol. The van der Waals surface area contributed by atoms with Crippen LogP contribution in [0, 0.1) is 0 Å². The minimum atomic E-state index is 0. The summed E-state index contributed by atoms with van der Waals surface area (Å²) in [6.45, 7) is 11.9. The van der Waals surface area contributed by atoms with E-state index in [0.29, 0.717) is 6.54 Å². The lowest BCUT2D eigenvalue weighted by Gasteiger charge is -2.41. The summed E-state index contributed by atoms with van der Waals surface area (Å²) in [6.07, 6.45) is 5.84. The Morgan fingerprint density at radius 1 is 1.14 bits per heavy atom. The van der Waals surface area contributed by atoms with Gasteiger partial charge in [-0.05, 0) is 45.8 Å². The average molecular weight is 516 g/mol. The number of pyridine rings is 1. The molecule has 3 rings (SSSR count). The van der Waals surface area contributed by atoms with Crippen LogP contribution in [0.15, 0.2) is 23.3 Å². The fourth-order valence-electron chi connectivity index (χ4n) is 3.94. The van der Waals surface area contributed by atoms with E-state index in [1.54, 1.807) is 0 Å². The van der Waals surface area contributed by atoms with Crippen molar-refractivity contribution in [2.24, 2.45) is 4.99 Å². The molecule has 0 bridgehead atoms. The zero-order chi connectivity index (χ0) is 19.8. The van der Waals surface area contributed by atoms with Crippen LogP contribution in [0.1, 0.15) is 38.7 Å². The first kappa shape index (κ1) is 24.1. The van der Waals surface area contributed by atoms with Crippen LogP contribution >= 0.6 is 24.0 Å². The molecule has 164 valence electrons. The van der Waals surface area contributed by atoms with Crippen molar-refractivity contribution in [2.75, 3.05) is 57.9 Å². The van der Waals surface area contributed by atoms with Crippen molar-refractivity contribution < 1.29 is 4.74 Å². The van der Waals surface area contributed by atoms with Crippen molar-refractivity contribution in [1.82, 2.24) is 20.5 Å². The van der Waals surface area contributed by atoms with E-state index >= 15 is 0 Å². The molecule has 8 heteroatoms. The third-order valence-electron chi connectivity index (χ3n) is 5.75. The van der Waals surface area contributed by atoms with E-state index in [1.807, 2.05) is 19.3 Å². The first-order valence-corrected chi connectivity index (χ1v) is 10.6. The Kier molecular flexibility index (Phi) is 9.91. The van der Waals surface area contributed by atoms with Crippen LogP contribution in [0.5, 0.6) is 0 Å². The number of likely N-dealkylation sites (tertiary alicyclic amines) is 1. The van der Waals surface area contributed by atoms with Crippen molar-refractivity contribution >= 4 is 35.8 Å². The van der Waals surface area contributed by atoms with Gasteiger partial charge in [0.25, 0.3) is 0 Å². The van der Waals surface area contributed by atoms with E-state index in [4.69, 9.17) is 4.74 Å². The lowest BCUT2D eigenvalue weighted by Crippen LogP contribution is -2.54. The second-order valence-electron chi connectivity index (χ2n) is 8.23. The minimum absolute atomic E-state index is 0. The predicted molar refractivity (Wildman–Crippen MR) is 130 cm³/mol. The number of aliphatic imine (C=N–C) groups is 1. The average Bonchev–Trinajstić information content (AvgIpc) is 2.75. The summed E-state index contributed by atoms with van der Waals surface area (Å²) in [4.78, 5) is 13.9. The lowest BCUT2D eigenvalue weighted by molar-refractivity contribution is 0.0982. The van der Waals surface area contributed by atoms with Crippen LogP contribution in [0.2, 0.25) is 0 Å². The maximum atomic E-state index is 5.47. The molecule has 2 saturated heterocycles. The number of hydrogen-bond donors (Lipinski definition) is 2. The second-order valence-corrected chi connectivity index (χ2v) is 8.23. The highest BCUT2D eigenvalue weighted by molar-refractivity contribution is 14.0. The van der Waals surface area contributed by atoms with Gasteiger partial charge in [0.05, 0.1) is 13.2 Å². The van der Waals surface area contributed by atoms with Gasteiger partial charge in [0.15, 0.2) is 5.96 Å². The maximum absolute atomic E-state index is 5.47. The molecule has 0 saturated carbocycles. The molecule has 0 unspecified atom stereocenters. The molecule has 1 aromatic heterocycles. The number of ether oxygens (including phenoxy) is 1. The Hall–Kier alpha value is -1.13. The zero-order valence-corrected chi connectivity index (χ0v) is 20.4. The molecule has 1 aromatic rings. The quantitative estimate of drug-likeness (QED) is 0.344. The SMILES string of the molecule is CN=C(NCc1cccnc1N1CCOCC1)NCC(C)(C)N1CCCCC1.I. The van der Waals surface area contributed by atoms with E-state index in [0.717, 1.165) is 44.6 Å². The third-order valence-corrected chi connectivity index (χ3v) is 5.75. The Labute approximate surface area is 192 Å². The summed E-state index contributed by atoms with van der Waals surface area (Å²) in [5.74, 6) is 1.88. The Balaban J connectivity index is 0.00000300. The number of nitrogens with zero attached hydrogens (tertiary/aromatic N) is 4. The summed E-state index contributed by atoms with van der Waals surface area (Å²) in [7, 11) is 1.83. The first-order chi connectivity index (χ1) is 13.6. The Morgan fingerprint density at radius 3 is 2.55 bits per heavy atom. The molecule has 2 aliphatic heterocycles. The number of nitrogens with one attached hydrogen (secondary N) is 2. The number of guanidine groups is 1. The number of aromatic nitrogens is 1. The van der Waals surface area contributed by atoms with Gasteiger partial charge in [0.2, 0.25) is 0 Å². The van der Waals surface area contributed by atoms with Gasteiger partial charge in [-0.15, -0.1) is 24.0 Å². The predicted octanol–water partition coefficient (Wildman–Crippen LogP) is 2.47. The molecule has 0 amide bonds. The zero-order valence-electron chi connectivity index (χ0n) is 18.1. The standard InChI is InChI=1S/C21H36N6O.HI/c1-21(2,27-10-5-4-6-11-27)17-25-20(22-3)24-16-18-8-7-9-23-19(18)26-12-14-28-15-13-26;/h7-9H,4-6,10-17H2,1-3H3,(H2,22,24,25);1H. The minimum Gasteiger partial charge on any atom is -0.378 e. The normalized spacial score (nSPS) is 18.9. The van der Waals surface area contributed by atoms with Crippen LogP contribution in [0.25, 0.3) is 0 Å². The van der Waals surface area contributed by atoms with E-state index < -0.39 is 0 Å². The highest BCUT2D eigenvalue weighted by atomic mass is 127. The number of piperidine rings is 1. The topological polar surface area (TPSA) is 65.0 Å². The molecule has 0 spiro atoms. The van der Waals surface area contributed by atoms with Crippen LogP contribution in [-0.4, -0.2) is 74.4 Å². The van der Waals surface area contributed by atoms with Crippen LogP contribution < -0.4 is 15.5 Å². The van der Waals surface area contributed by atoms with E-state index in [9.17, 15) is 0 Å². The molecule has 2 fully saturated rings. The molecule has 0 aliphatic carbocycles. The smallest absolute Gasteiger partial charge is 0.191 e. The van der Waals surface area contributed by atoms with Gasteiger partial charge < -0.3 is 20.3 Å². The summed E-state index contributed by atoms with van der Waals surface area (Å²) >= 11 is 0. The van der Waals surface area contributed by atoms with Crippen molar-refractivity contribution in [3.63, 3.8) is 0 Å². The van der Waals surface area contributed by atoms with Crippen LogP contribution in [0.3, 0.4) is 0 Å². The maximum Gasteiger partial charge on any atom is 0.191 e. The van der Waals surface area contributed by atoms with Gasteiger partial charge in [-0.1, -0.05) is 12.5 Å². The third kappa shape index (κ3) is 6.96. The molecule has 3 heterocycles. The number of anilines is 1. The molecule has 2 N–H and O–H groups in total. The van der Waals surface area contributed by atoms with Gasteiger partial charge in [-0.2, -0.15) is 0 Å². The lowest BCUT2D eigenvalue weighted by atomic mass is 9.98. The first-order valence-electron chi connectivity index (χ1n) is 10.6. The van der Waals surface area contributed by atoms with E-state index in [2.05, 4.69) is 50.3 Å². The van der Waals surface area contributed by atoms with Crippen molar-refractivity contribution in [3.8, 4) is 0 Å². The van der Waals surface area contributed by atoms with Crippen molar-refractivity contribution in [2.45, 2.75) is 45.2 Å². The second kappa shape index (κ2) is 11.9. The highest BCUT2D eigenvalue weighted by Crippen LogP contribution is 2.20. The van der Waals surface area contributed by atoms with Gasteiger partial charge in [-0.3, -0.25) is 9.89 Å². The molecule has 7 nitrogen and oxygen atoms in total. The molecule has 0 aromatic carbocycles. The number of halogens is 1. The van der Waals surface area contributed by atoms with Gasteiger partial charge in [0, 0.05) is 50.5 Å². The van der Waals surface area contributed by atoms with Crippen molar-refractivity contribution in [1.29, 1.82) is 0 Å². The molecule has 29 heavy (non-hydrogen) atoms. The molecule has 0 atom stereocenters. The summed E-state index contributed by atoms with van der Waals surface area (Å²) in [5.41, 5.74) is 1.30. The summed E-state index contributed by atoms with van der Waals surface area (Å²) in [6, 6.07) is 4.13. The van der Waals surface area contributed by atoms with E-state index in [-0.39, 0.29) is 29.5 Å². The monoisotopic (exact) mass is 516 g/mol. The van der Waals surface area contributed by atoms with Gasteiger partial charge >= 0.3 is 0 Å². The largest absolute Gasteiger partial charge is 0.378 e.